The minimum atomic E-state index is -0.161. The van der Waals surface area contributed by atoms with Crippen LogP contribution < -0.4 is 10.1 Å². The Labute approximate surface area is 136 Å². The van der Waals surface area contributed by atoms with Gasteiger partial charge in [-0.3, -0.25) is 4.79 Å². The van der Waals surface area contributed by atoms with Crippen LogP contribution in [-0.2, 0) is 4.79 Å². The molecule has 0 aliphatic carbocycles. The molecule has 0 spiro atoms. The van der Waals surface area contributed by atoms with E-state index in [9.17, 15) is 4.79 Å². The fourth-order valence-corrected chi connectivity index (χ4v) is 2.29. The molecule has 2 rings (SSSR count). The van der Waals surface area contributed by atoms with Crippen molar-refractivity contribution < 1.29 is 9.53 Å². The number of hydrogen-bond donors (Lipinski definition) is 1. The normalized spacial score (nSPS) is 11.8. The van der Waals surface area contributed by atoms with Gasteiger partial charge in [-0.25, -0.2) is 0 Å². The molecular formula is C18H20ClNO2. The molecule has 0 aliphatic heterocycles. The number of nitrogens with one attached hydrogen (secondary N) is 1. The Balaban J connectivity index is 1.89. The molecule has 1 atom stereocenters. The lowest BCUT2D eigenvalue weighted by Gasteiger charge is -2.16. The number of amides is 1. The number of rotatable bonds is 5. The molecule has 116 valence electrons. The van der Waals surface area contributed by atoms with E-state index in [0.717, 1.165) is 5.56 Å². The van der Waals surface area contributed by atoms with E-state index in [1.165, 1.54) is 11.1 Å². The molecule has 0 unspecified atom stereocenters. The third kappa shape index (κ3) is 4.50. The number of carbonyl (C=O) groups is 1. The molecular weight excluding hydrogens is 298 g/mol. The lowest BCUT2D eigenvalue weighted by Crippen LogP contribution is -2.31. The van der Waals surface area contributed by atoms with Gasteiger partial charge >= 0.3 is 0 Å². The van der Waals surface area contributed by atoms with Gasteiger partial charge in [-0.1, -0.05) is 35.9 Å². The van der Waals surface area contributed by atoms with Crippen LogP contribution in [-0.4, -0.2) is 12.5 Å². The second kappa shape index (κ2) is 7.32. The van der Waals surface area contributed by atoms with Gasteiger partial charge in [-0.15, -0.1) is 0 Å². The highest BCUT2D eigenvalue weighted by Gasteiger charge is 2.11. The minimum Gasteiger partial charge on any atom is -0.484 e. The number of carbonyl (C=O) groups excluding carboxylic acids is 1. The molecule has 0 fully saturated rings. The highest BCUT2D eigenvalue weighted by Crippen LogP contribution is 2.18. The van der Waals surface area contributed by atoms with Crippen molar-refractivity contribution in [2.75, 3.05) is 6.61 Å². The molecule has 4 heteroatoms. The van der Waals surface area contributed by atoms with Crippen LogP contribution in [0.5, 0.6) is 5.75 Å². The van der Waals surface area contributed by atoms with E-state index in [1.54, 1.807) is 24.3 Å². The second-order valence-electron chi connectivity index (χ2n) is 5.38. The molecule has 0 bridgehead atoms. The van der Waals surface area contributed by atoms with Gasteiger partial charge in [0.2, 0.25) is 0 Å². The lowest BCUT2D eigenvalue weighted by atomic mass is 10.0. The predicted octanol–water partition coefficient (Wildman–Crippen LogP) is 4.21. The second-order valence-corrected chi connectivity index (χ2v) is 5.82. The summed E-state index contributed by atoms with van der Waals surface area (Å²) in [5.41, 5.74) is 3.54. The van der Waals surface area contributed by atoms with Crippen molar-refractivity contribution >= 4 is 17.5 Å². The Morgan fingerprint density at radius 3 is 2.64 bits per heavy atom. The third-order valence-corrected chi connectivity index (χ3v) is 3.81. The van der Waals surface area contributed by atoms with Gasteiger partial charge < -0.3 is 10.1 Å². The molecule has 0 saturated heterocycles. The molecule has 2 aromatic rings. The predicted molar refractivity (Wildman–Crippen MR) is 89.4 cm³/mol. The Morgan fingerprint density at radius 1 is 1.18 bits per heavy atom. The highest BCUT2D eigenvalue weighted by molar-refractivity contribution is 6.30. The molecule has 0 aliphatic rings. The first-order valence-electron chi connectivity index (χ1n) is 7.20. The topological polar surface area (TPSA) is 38.3 Å². The summed E-state index contributed by atoms with van der Waals surface area (Å²) in [6.45, 7) is 6.06. The van der Waals surface area contributed by atoms with Gasteiger partial charge in [0.25, 0.3) is 5.91 Å². The zero-order chi connectivity index (χ0) is 16.1. The van der Waals surface area contributed by atoms with Crippen LogP contribution in [0, 0.1) is 13.8 Å². The standard InChI is InChI=1S/C18H20ClNO2/c1-12-7-8-15(9-13(12)2)14(3)20-18(21)11-22-17-6-4-5-16(19)10-17/h4-10,14H,11H2,1-3H3,(H,20,21)/t14-/m0/s1. The summed E-state index contributed by atoms with van der Waals surface area (Å²) in [4.78, 5) is 12.0. The van der Waals surface area contributed by atoms with E-state index < -0.39 is 0 Å². The zero-order valence-corrected chi connectivity index (χ0v) is 13.8. The molecule has 1 amide bonds. The smallest absolute Gasteiger partial charge is 0.258 e. The third-order valence-electron chi connectivity index (χ3n) is 3.57. The number of aryl methyl sites for hydroxylation is 2. The first kappa shape index (κ1) is 16.4. The molecule has 2 aromatic carbocycles. The zero-order valence-electron chi connectivity index (χ0n) is 13.0. The van der Waals surface area contributed by atoms with Gasteiger partial charge in [-0.05, 0) is 55.7 Å². The summed E-state index contributed by atoms with van der Waals surface area (Å²) in [6.07, 6.45) is 0. The van der Waals surface area contributed by atoms with Crippen molar-refractivity contribution in [1.29, 1.82) is 0 Å². The fourth-order valence-electron chi connectivity index (χ4n) is 2.11. The number of halogens is 1. The average Bonchev–Trinajstić information content (AvgIpc) is 2.48. The van der Waals surface area contributed by atoms with Crippen LogP contribution >= 0.6 is 11.6 Å². The summed E-state index contributed by atoms with van der Waals surface area (Å²) in [5, 5.41) is 3.52. The van der Waals surface area contributed by atoms with Gasteiger partial charge in [-0.2, -0.15) is 0 Å². The maximum atomic E-state index is 12.0. The van der Waals surface area contributed by atoms with Crippen LogP contribution in [0.4, 0.5) is 0 Å². The summed E-state index contributed by atoms with van der Waals surface area (Å²) < 4.78 is 5.43. The van der Waals surface area contributed by atoms with E-state index >= 15 is 0 Å². The maximum Gasteiger partial charge on any atom is 0.258 e. The van der Waals surface area contributed by atoms with Gasteiger partial charge in [0, 0.05) is 5.02 Å². The molecule has 0 saturated carbocycles. The average molecular weight is 318 g/mol. The summed E-state index contributed by atoms with van der Waals surface area (Å²) in [6, 6.07) is 13.1. The van der Waals surface area contributed by atoms with Crippen molar-refractivity contribution in [1.82, 2.24) is 5.32 Å². The van der Waals surface area contributed by atoms with Crippen molar-refractivity contribution in [3.63, 3.8) is 0 Å². The first-order valence-corrected chi connectivity index (χ1v) is 7.58. The molecule has 22 heavy (non-hydrogen) atoms. The lowest BCUT2D eigenvalue weighted by molar-refractivity contribution is -0.123. The molecule has 3 nitrogen and oxygen atoms in total. The van der Waals surface area contributed by atoms with Crippen LogP contribution in [0.2, 0.25) is 5.02 Å². The SMILES string of the molecule is Cc1ccc([C@H](C)NC(=O)COc2cccc(Cl)c2)cc1C. The van der Waals surface area contributed by atoms with Crippen LogP contribution in [0.25, 0.3) is 0 Å². The Kier molecular flexibility index (Phi) is 5.45. The quantitative estimate of drug-likeness (QED) is 0.897. The Bertz CT molecular complexity index is 670. The summed E-state index contributed by atoms with van der Waals surface area (Å²) in [5.74, 6) is 0.423. The highest BCUT2D eigenvalue weighted by atomic mass is 35.5. The maximum absolute atomic E-state index is 12.0. The van der Waals surface area contributed by atoms with Crippen LogP contribution in [0.3, 0.4) is 0 Å². The summed E-state index contributed by atoms with van der Waals surface area (Å²) >= 11 is 5.87. The van der Waals surface area contributed by atoms with Crippen molar-refractivity contribution in [3.05, 3.63) is 64.2 Å². The fraction of sp³-hybridized carbons (Fsp3) is 0.278. The Morgan fingerprint density at radius 2 is 1.95 bits per heavy atom. The van der Waals surface area contributed by atoms with Crippen molar-refractivity contribution in [2.24, 2.45) is 0 Å². The molecule has 0 radical (unpaired) electrons. The van der Waals surface area contributed by atoms with E-state index in [-0.39, 0.29) is 18.6 Å². The van der Waals surface area contributed by atoms with Crippen molar-refractivity contribution in [2.45, 2.75) is 26.8 Å². The van der Waals surface area contributed by atoms with Gasteiger partial charge in [0.05, 0.1) is 6.04 Å². The minimum absolute atomic E-state index is 0.0322. The van der Waals surface area contributed by atoms with Crippen LogP contribution in [0.1, 0.15) is 29.7 Å². The van der Waals surface area contributed by atoms with E-state index in [1.807, 2.05) is 13.0 Å². The molecule has 0 aromatic heterocycles. The van der Waals surface area contributed by atoms with Crippen LogP contribution in [0.15, 0.2) is 42.5 Å². The van der Waals surface area contributed by atoms with E-state index in [4.69, 9.17) is 16.3 Å². The number of hydrogen-bond acceptors (Lipinski definition) is 2. The number of benzene rings is 2. The molecule has 1 N–H and O–H groups in total. The monoisotopic (exact) mass is 317 g/mol. The Hall–Kier alpha value is -2.00. The summed E-state index contributed by atoms with van der Waals surface area (Å²) in [7, 11) is 0. The first-order chi connectivity index (χ1) is 10.5. The van der Waals surface area contributed by atoms with E-state index in [0.29, 0.717) is 10.8 Å². The van der Waals surface area contributed by atoms with E-state index in [2.05, 4.69) is 31.3 Å². The van der Waals surface area contributed by atoms with Gasteiger partial charge in [0.1, 0.15) is 5.75 Å². The number of ether oxygens (including phenoxy) is 1. The van der Waals surface area contributed by atoms with Crippen molar-refractivity contribution in [3.8, 4) is 5.75 Å². The largest absolute Gasteiger partial charge is 0.484 e. The molecule has 0 heterocycles. The van der Waals surface area contributed by atoms with Gasteiger partial charge in [0.15, 0.2) is 6.61 Å².